The Kier molecular flexibility index (Phi) is 11.4. The number of aromatic nitrogens is 3. The number of carbonyl (C=O) groups excluding carboxylic acids is 1. The fourth-order valence-corrected chi connectivity index (χ4v) is 5.07. The number of halogens is 3. The molecule has 10 heteroatoms. The molecule has 0 aliphatic carbocycles. The first-order valence-electron chi connectivity index (χ1n) is 11.7. The summed E-state index contributed by atoms with van der Waals surface area (Å²) in [5, 5.41) is 4.77. The molecule has 0 atom stereocenters. The number of aryl methyl sites for hydroxylation is 1. The molecule has 40 heavy (non-hydrogen) atoms. The Labute approximate surface area is 233 Å². The van der Waals surface area contributed by atoms with Crippen molar-refractivity contribution in [2.24, 2.45) is 0 Å². The van der Waals surface area contributed by atoms with Crippen molar-refractivity contribution in [2.75, 3.05) is 14.2 Å². The number of thiazole rings is 1. The van der Waals surface area contributed by atoms with Crippen molar-refractivity contribution in [1.29, 1.82) is 0 Å². The van der Waals surface area contributed by atoms with Crippen LogP contribution in [-0.4, -0.2) is 35.5 Å². The fourth-order valence-electron chi connectivity index (χ4n) is 4.24. The van der Waals surface area contributed by atoms with Gasteiger partial charge in [0.1, 0.15) is 18.4 Å². The van der Waals surface area contributed by atoms with Crippen LogP contribution in [0.3, 0.4) is 0 Å². The Hall–Kier alpha value is -4.66. The van der Waals surface area contributed by atoms with Crippen molar-refractivity contribution in [3.63, 3.8) is 0 Å². The quantitative estimate of drug-likeness (QED) is 0.230. The van der Waals surface area contributed by atoms with Crippen LogP contribution >= 0.6 is 11.3 Å². The van der Waals surface area contributed by atoms with Gasteiger partial charge in [0, 0.05) is 41.4 Å². The van der Waals surface area contributed by atoms with E-state index in [1.165, 1.54) is 12.1 Å². The molecule has 3 heterocycles. The molecular weight excluding hydrogens is 537 g/mol. The second kappa shape index (κ2) is 14.5. The molecule has 3 aromatic heterocycles. The van der Waals surface area contributed by atoms with E-state index in [2.05, 4.69) is 35.8 Å². The SMILES string of the molecule is C=C(NC)c1c(-c2ccc[nH]c2=O)c2c3nc(C)sc3ccc2n1Cc1ccc(F)cc1F.C=C=C.C=O.CF. The number of alkyl halides is 1. The van der Waals surface area contributed by atoms with Crippen LogP contribution in [0.2, 0.25) is 0 Å². The number of hydrogen-bond donors (Lipinski definition) is 2. The number of rotatable bonds is 5. The number of benzene rings is 2. The molecule has 0 saturated carbocycles. The van der Waals surface area contributed by atoms with Gasteiger partial charge in [0.15, 0.2) is 0 Å². The van der Waals surface area contributed by atoms with Gasteiger partial charge in [0.05, 0.1) is 45.9 Å². The van der Waals surface area contributed by atoms with Gasteiger partial charge in [-0.1, -0.05) is 25.8 Å². The van der Waals surface area contributed by atoms with Crippen molar-refractivity contribution in [3.05, 3.63) is 112 Å². The highest BCUT2D eigenvalue weighted by atomic mass is 32.1. The number of hydrogen-bond acceptors (Lipinski definition) is 5. The highest BCUT2D eigenvalue weighted by Crippen LogP contribution is 2.41. The first kappa shape index (κ1) is 31.6. The van der Waals surface area contributed by atoms with E-state index in [1.54, 1.807) is 36.7 Å². The lowest BCUT2D eigenvalue weighted by atomic mass is 10.0. The third-order valence-electron chi connectivity index (χ3n) is 5.71. The maximum Gasteiger partial charge on any atom is 0.255 e. The van der Waals surface area contributed by atoms with Crippen LogP contribution < -0.4 is 10.9 Å². The Morgan fingerprint density at radius 2 is 1.82 bits per heavy atom. The average molecular weight is 567 g/mol. The van der Waals surface area contributed by atoms with Gasteiger partial charge in [-0.25, -0.2) is 13.8 Å². The van der Waals surface area contributed by atoms with Gasteiger partial charge >= 0.3 is 0 Å². The number of fused-ring (bicyclic) bond motifs is 3. The predicted octanol–water partition coefficient (Wildman–Crippen LogP) is 6.79. The van der Waals surface area contributed by atoms with Gasteiger partial charge in [-0.05, 0) is 37.3 Å². The second-order valence-electron chi connectivity index (χ2n) is 7.98. The lowest BCUT2D eigenvalue weighted by Crippen LogP contribution is -2.14. The van der Waals surface area contributed by atoms with Gasteiger partial charge < -0.3 is 19.7 Å². The van der Waals surface area contributed by atoms with E-state index in [9.17, 15) is 18.0 Å². The third-order valence-corrected chi connectivity index (χ3v) is 6.65. The number of carbonyl (C=O) groups is 1. The molecule has 0 fully saturated rings. The predicted molar refractivity (Wildman–Crippen MR) is 158 cm³/mol. The number of pyridine rings is 1. The highest BCUT2D eigenvalue weighted by molar-refractivity contribution is 7.18. The normalized spacial score (nSPS) is 9.85. The van der Waals surface area contributed by atoms with Gasteiger partial charge in [0.2, 0.25) is 0 Å². The van der Waals surface area contributed by atoms with Crippen LogP contribution in [0.15, 0.2) is 78.9 Å². The maximum atomic E-state index is 14.6. The van der Waals surface area contributed by atoms with Crippen molar-refractivity contribution >= 4 is 44.9 Å². The first-order chi connectivity index (χ1) is 19.3. The molecule has 0 aliphatic heterocycles. The molecule has 5 rings (SSSR count). The molecule has 2 aromatic carbocycles. The van der Waals surface area contributed by atoms with E-state index >= 15 is 0 Å². The summed E-state index contributed by atoms with van der Waals surface area (Å²) in [6.07, 6.45) is 1.58. The lowest BCUT2D eigenvalue weighted by Gasteiger charge is -2.15. The summed E-state index contributed by atoms with van der Waals surface area (Å²) < 4.78 is 40.6. The molecule has 0 unspecified atom stereocenters. The molecule has 6 nitrogen and oxygen atoms in total. The monoisotopic (exact) mass is 566 g/mol. The van der Waals surface area contributed by atoms with Gasteiger partial charge in [-0.15, -0.1) is 17.1 Å². The number of H-pyrrole nitrogens is 1. The van der Waals surface area contributed by atoms with Crippen LogP contribution in [0.4, 0.5) is 13.2 Å². The zero-order chi connectivity index (χ0) is 30.0. The summed E-state index contributed by atoms with van der Waals surface area (Å²) in [6, 6.07) is 11.0. The summed E-state index contributed by atoms with van der Waals surface area (Å²) in [4.78, 5) is 28.4. The minimum Gasteiger partial charge on any atom is -0.387 e. The summed E-state index contributed by atoms with van der Waals surface area (Å²) in [5.41, 5.74) is 6.21. The van der Waals surface area contributed by atoms with E-state index in [1.807, 2.05) is 30.4 Å². The summed E-state index contributed by atoms with van der Waals surface area (Å²) >= 11 is 1.57. The summed E-state index contributed by atoms with van der Waals surface area (Å²) in [7, 11) is 2.24. The molecule has 0 bridgehead atoms. The fraction of sp³-hybridized carbons (Fsp3) is 0.133. The number of nitrogens with zero attached hydrogens (tertiary/aromatic N) is 2. The standard InChI is InChI=1S/C25H20F2N4OS.C3H4.CH3F.CH2O/c1-13(28-3)24-21(17-5-4-10-29-25(17)32)22-19(8-9-20-23(22)30-14(2)33-20)31(24)12-15-6-7-16(26)11-18(15)27;1-3-2;2*1-2/h4-11,28H,1,12H2,2-3H3,(H,29,32);1-2H2;1H3;1H2. The van der Waals surface area contributed by atoms with Crippen molar-refractivity contribution in [3.8, 4) is 11.1 Å². The average Bonchev–Trinajstić information content (AvgIpc) is 3.49. The number of nitrogens with one attached hydrogen (secondary N) is 2. The molecule has 5 aromatic rings. The molecule has 0 saturated heterocycles. The van der Waals surface area contributed by atoms with Crippen LogP contribution in [0, 0.1) is 18.6 Å². The first-order valence-corrected chi connectivity index (χ1v) is 12.5. The van der Waals surface area contributed by atoms with Gasteiger partial charge in [-0.2, -0.15) is 0 Å². The van der Waals surface area contributed by atoms with E-state index in [-0.39, 0.29) is 12.1 Å². The van der Waals surface area contributed by atoms with Crippen molar-refractivity contribution < 1.29 is 18.0 Å². The number of aromatic amines is 1. The van der Waals surface area contributed by atoms with E-state index in [0.29, 0.717) is 35.3 Å². The summed E-state index contributed by atoms with van der Waals surface area (Å²) in [6.45, 7) is 14.5. The van der Waals surface area contributed by atoms with Crippen molar-refractivity contribution in [1.82, 2.24) is 19.9 Å². The molecule has 2 N–H and O–H groups in total. The molecule has 0 aliphatic rings. The Morgan fingerprint density at radius 1 is 1.15 bits per heavy atom. The largest absolute Gasteiger partial charge is 0.387 e. The zero-order valence-electron chi connectivity index (χ0n) is 22.4. The molecular formula is C30H29F3N4O2S. The van der Waals surface area contributed by atoms with E-state index in [0.717, 1.165) is 32.2 Å². The van der Waals surface area contributed by atoms with E-state index < -0.39 is 11.6 Å². The highest BCUT2D eigenvalue weighted by Gasteiger charge is 2.25. The topological polar surface area (TPSA) is 79.8 Å². The molecule has 0 radical (unpaired) electrons. The molecule has 0 amide bonds. The minimum atomic E-state index is -0.637. The van der Waals surface area contributed by atoms with Crippen molar-refractivity contribution in [2.45, 2.75) is 13.5 Å². The zero-order valence-corrected chi connectivity index (χ0v) is 23.2. The Bertz CT molecular complexity index is 1730. The molecule has 0 spiro atoms. The smallest absolute Gasteiger partial charge is 0.255 e. The van der Waals surface area contributed by atoms with Gasteiger partial charge in [0.25, 0.3) is 5.56 Å². The minimum absolute atomic E-state index is 0.123. The van der Waals surface area contributed by atoms with Crippen LogP contribution in [0.25, 0.3) is 37.9 Å². The maximum absolute atomic E-state index is 14.6. The Morgan fingerprint density at radius 3 is 2.42 bits per heavy atom. The second-order valence-corrected chi connectivity index (χ2v) is 9.21. The lowest BCUT2D eigenvalue weighted by molar-refractivity contribution is -0.0980. The van der Waals surface area contributed by atoms with Crippen LogP contribution in [-0.2, 0) is 11.3 Å². The third kappa shape index (κ3) is 6.31. The molecule has 208 valence electrons. The van der Waals surface area contributed by atoms with Crippen LogP contribution in [0.1, 0.15) is 16.3 Å². The van der Waals surface area contributed by atoms with Crippen LogP contribution in [0.5, 0.6) is 0 Å². The van der Waals surface area contributed by atoms with Gasteiger partial charge in [-0.3, -0.25) is 9.18 Å². The summed E-state index contributed by atoms with van der Waals surface area (Å²) in [5.74, 6) is -1.27. The van der Waals surface area contributed by atoms with E-state index in [4.69, 9.17) is 9.78 Å². The Balaban J connectivity index is 0.000000737.